The Hall–Kier alpha value is -0.610. The number of likely N-dealkylation sites (N-methyl/N-ethyl adjacent to an activating group) is 1. The van der Waals surface area contributed by atoms with Crippen molar-refractivity contribution in [3.8, 4) is 0 Å². The molecule has 0 aromatic carbocycles. The minimum absolute atomic E-state index is 0.0851. The summed E-state index contributed by atoms with van der Waals surface area (Å²) in [7, 11) is 0. The Labute approximate surface area is 111 Å². The zero-order chi connectivity index (χ0) is 13.0. The summed E-state index contributed by atoms with van der Waals surface area (Å²) in [4.78, 5) is 16.9. The molecule has 2 unspecified atom stereocenters. The molecule has 0 aliphatic carbocycles. The predicted molar refractivity (Wildman–Crippen MR) is 73.3 cm³/mol. The van der Waals surface area contributed by atoms with Gasteiger partial charge >= 0.3 is 0 Å². The van der Waals surface area contributed by atoms with E-state index in [4.69, 9.17) is 0 Å². The smallest absolute Gasteiger partial charge is 0.241 e. The first kappa shape index (κ1) is 13.8. The molecule has 104 valence electrons. The number of carbonyl (C=O) groups excluding carboxylic acids is 1. The first-order valence-corrected chi connectivity index (χ1v) is 7.52. The van der Waals surface area contributed by atoms with Gasteiger partial charge in [0.1, 0.15) is 0 Å². The molecule has 2 saturated heterocycles. The maximum Gasteiger partial charge on any atom is 0.241 e. The molecule has 0 spiro atoms. The highest BCUT2D eigenvalue weighted by atomic mass is 16.2. The molecule has 1 amide bonds. The largest absolute Gasteiger partial charge is 0.324 e. The van der Waals surface area contributed by atoms with Gasteiger partial charge in [-0.3, -0.25) is 10.1 Å². The Bertz CT molecular complexity index is 282. The highest BCUT2D eigenvalue weighted by molar-refractivity contribution is 5.84. The van der Waals surface area contributed by atoms with Crippen LogP contribution in [0, 0.1) is 0 Å². The lowest BCUT2D eigenvalue weighted by atomic mass is 10.0. The van der Waals surface area contributed by atoms with Gasteiger partial charge in [0, 0.05) is 12.6 Å². The van der Waals surface area contributed by atoms with Gasteiger partial charge in [-0.1, -0.05) is 26.7 Å². The standard InChI is InChI=1S/C14H27N3O/c1-3-5-8-13-14(18)17(11-15-13)12-7-6-9-16(4-2)10-12/h12-13,15H,3-11H2,1-2H3. The average molecular weight is 253 g/mol. The first-order chi connectivity index (χ1) is 8.76. The Kier molecular flexibility index (Phi) is 5.01. The summed E-state index contributed by atoms with van der Waals surface area (Å²) in [6.07, 6.45) is 5.70. The molecule has 2 heterocycles. The van der Waals surface area contributed by atoms with E-state index in [2.05, 4.69) is 29.0 Å². The van der Waals surface area contributed by atoms with Crippen molar-refractivity contribution < 1.29 is 4.79 Å². The Morgan fingerprint density at radius 1 is 1.39 bits per heavy atom. The van der Waals surface area contributed by atoms with Gasteiger partial charge < -0.3 is 9.80 Å². The van der Waals surface area contributed by atoms with Gasteiger partial charge in [0.05, 0.1) is 12.7 Å². The van der Waals surface area contributed by atoms with Gasteiger partial charge in [0.25, 0.3) is 0 Å². The molecule has 2 atom stereocenters. The van der Waals surface area contributed by atoms with E-state index in [1.165, 1.54) is 25.8 Å². The first-order valence-electron chi connectivity index (χ1n) is 7.52. The van der Waals surface area contributed by atoms with E-state index in [-0.39, 0.29) is 6.04 Å². The predicted octanol–water partition coefficient (Wildman–Crippen LogP) is 1.42. The normalized spacial score (nSPS) is 30.1. The van der Waals surface area contributed by atoms with Crippen LogP contribution in [-0.2, 0) is 4.79 Å². The summed E-state index contributed by atoms with van der Waals surface area (Å²) in [5.74, 6) is 0.339. The third-order valence-electron chi connectivity index (χ3n) is 4.30. The highest BCUT2D eigenvalue weighted by Gasteiger charge is 2.36. The quantitative estimate of drug-likeness (QED) is 0.805. The monoisotopic (exact) mass is 253 g/mol. The molecule has 0 bridgehead atoms. The number of rotatable bonds is 5. The molecule has 2 aliphatic heterocycles. The molecule has 4 heteroatoms. The van der Waals surface area contributed by atoms with E-state index in [0.29, 0.717) is 11.9 Å². The summed E-state index contributed by atoms with van der Waals surface area (Å²) >= 11 is 0. The summed E-state index contributed by atoms with van der Waals surface area (Å²) in [5.41, 5.74) is 0. The Morgan fingerprint density at radius 3 is 2.94 bits per heavy atom. The Balaban J connectivity index is 1.88. The van der Waals surface area contributed by atoms with E-state index < -0.39 is 0 Å². The SMILES string of the molecule is CCCCC1NCN(C2CCCN(CC)C2)C1=O. The van der Waals surface area contributed by atoms with Crippen molar-refractivity contribution in [2.24, 2.45) is 0 Å². The number of nitrogens with one attached hydrogen (secondary N) is 1. The van der Waals surface area contributed by atoms with E-state index in [1.807, 2.05) is 0 Å². The molecule has 2 aliphatic rings. The van der Waals surface area contributed by atoms with Crippen LogP contribution in [0.5, 0.6) is 0 Å². The lowest BCUT2D eigenvalue weighted by molar-refractivity contribution is -0.132. The molecule has 1 N–H and O–H groups in total. The fourth-order valence-corrected chi connectivity index (χ4v) is 3.09. The number of piperidine rings is 1. The number of nitrogens with zero attached hydrogens (tertiary/aromatic N) is 2. The van der Waals surface area contributed by atoms with Crippen LogP contribution in [0.25, 0.3) is 0 Å². The fourth-order valence-electron chi connectivity index (χ4n) is 3.09. The molecule has 2 rings (SSSR count). The summed E-state index contributed by atoms with van der Waals surface area (Å²) in [5, 5.41) is 3.38. The van der Waals surface area contributed by atoms with Crippen molar-refractivity contribution in [1.82, 2.24) is 15.1 Å². The average Bonchev–Trinajstić information content (AvgIpc) is 2.78. The van der Waals surface area contributed by atoms with Crippen LogP contribution in [0.15, 0.2) is 0 Å². The number of unbranched alkanes of at least 4 members (excludes halogenated alkanes) is 1. The molecule has 0 saturated carbocycles. The molecule has 18 heavy (non-hydrogen) atoms. The zero-order valence-corrected chi connectivity index (χ0v) is 11.8. The van der Waals surface area contributed by atoms with Crippen LogP contribution in [0.4, 0.5) is 0 Å². The second-order valence-electron chi connectivity index (χ2n) is 5.55. The van der Waals surface area contributed by atoms with Crippen molar-refractivity contribution in [3.63, 3.8) is 0 Å². The summed E-state index contributed by atoms with van der Waals surface area (Å²) < 4.78 is 0. The van der Waals surface area contributed by atoms with Crippen molar-refractivity contribution in [2.45, 2.75) is 58.0 Å². The lowest BCUT2D eigenvalue weighted by Crippen LogP contribution is -2.49. The second kappa shape index (κ2) is 6.53. The van der Waals surface area contributed by atoms with Crippen molar-refractivity contribution in [1.29, 1.82) is 0 Å². The van der Waals surface area contributed by atoms with E-state index in [1.54, 1.807) is 0 Å². The van der Waals surface area contributed by atoms with Crippen LogP contribution in [0.3, 0.4) is 0 Å². The number of likely N-dealkylation sites (tertiary alicyclic amines) is 1. The summed E-state index contributed by atoms with van der Waals surface area (Å²) in [6, 6.07) is 0.521. The van der Waals surface area contributed by atoms with E-state index in [0.717, 1.165) is 32.6 Å². The molecule has 0 aromatic heterocycles. The number of amides is 1. The van der Waals surface area contributed by atoms with Crippen LogP contribution < -0.4 is 5.32 Å². The topological polar surface area (TPSA) is 35.6 Å². The summed E-state index contributed by atoms with van der Waals surface area (Å²) in [6.45, 7) is 8.50. The second-order valence-corrected chi connectivity index (χ2v) is 5.55. The Morgan fingerprint density at radius 2 is 2.22 bits per heavy atom. The highest BCUT2D eigenvalue weighted by Crippen LogP contribution is 2.20. The van der Waals surface area contributed by atoms with Gasteiger partial charge in [0.2, 0.25) is 5.91 Å². The lowest BCUT2D eigenvalue weighted by Gasteiger charge is -2.36. The molecular weight excluding hydrogens is 226 g/mol. The molecule has 0 radical (unpaired) electrons. The number of hydrogen-bond acceptors (Lipinski definition) is 3. The zero-order valence-electron chi connectivity index (χ0n) is 11.8. The maximum absolute atomic E-state index is 12.4. The molecule has 4 nitrogen and oxygen atoms in total. The molecular formula is C14H27N3O. The van der Waals surface area contributed by atoms with Gasteiger partial charge in [-0.2, -0.15) is 0 Å². The van der Waals surface area contributed by atoms with Crippen LogP contribution >= 0.6 is 0 Å². The minimum Gasteiger partial charge on any atom is -0.324 e. The maximum atomic E-state index is 12.4. The van der Waals surface area contributed by atoms with Crippen LogP contribution in [-0.4, -0.2) is 54.1 Å². The third-order valence-corrected chi connectivity index (χ3v) is 4.30. The van der Waals surface area contributed by atoms with E-state index >= 15 is 0 Å². The van der Waals surface area contributed by atoms with Crippen molar-refractivity contribution in [3.05, 3.63) is 0 Å². The van der Waals surface area contributed by atoms with Crippen molar-refractivity contribution >= 4 is 5.91 Å². The molecule has 0 aromatic rings. The van der Waals surface area contributed by atoms with Gasteiger partial charge in [-0.15, -0.1) is 0 Å². The van der Waals surface area contributed by atoms with Gasteiger partial charge in [-0.25, -0.2) is 0 Å². The molecule has 2 fully saturated rings. The number of carbonyl (C=O) groups is 1. The van der Waals surface area contributed by atoms with Crippen LogP contribution in [0.1, 0.15) is 46.0 Å². The van der Waals surface area contributed by atoms with Crippen molar-refractivity contribution in [2.75, 3.05) is 26.3 Å². The minimum atomic E-state index is 0.0851. The third kappa shape index (κ3) is 3.04. The fraction of sp³-hybridized carbons (Fsp3) is 0.929. The van der Waals surface area contributed by atoms with E-state index in [9.17, 15) is 4.79 Å². The van der Waals surface area contributed by atoms with Gasteiger partial charge in [-0.05, 0) is 32.4 Å². The number of hydrogen-bond donors (Lipinski definition) is 1. The van der Waals surface area contributed by atoms with Crippen LogP contribution in [0.2, 0.25) is 0 Å². The van der Waals surface area contributed by atoms with Gasteiger partial charge in [0.15, 0.2) is 0 Å².